The summed E-state index contributed by atoms with van der Waals surface area (Å²) in [7, 11) is 1.80. The molecule has 0 saturated heterocycles. The number of aromatic carboxylic acids is 1. The van der Waals surface area contributed by atoms with Crippen LogP contribution in [0, 0.1) is 0 Å². The summed E-state index contributed by atoms with van der Waals surface area (Å²) in [6.45, 7) is -0.0677. The van der Waals surface area contributed by atoms with Crippen LogP contribution in [0.25, 0.3) is 0 Å². The number of benzene rings is 1. The number of rotatable bonds is 4. The van der Waals surface area contributed by atoms with Gasteiger partial charge in [-0.3, -0.25) is 4.68 Å². The van der Waals surface area contributed by atoms with Crippen LogP contribution in [0.15, 0.2) is 30.5 Å². The molecule has 2 N–H and O–H groups in total. The van der Waals surface area contributed by atoms with Crippen LogP contribution in [0.1, 0.15) is 27.2 Å². The van der Waals surface area contributed by atoms with E-state index in [1.54, 1.807) is 36.1 Å². The van der Waals surface area contributed by atoms with Crippen molar-refractivity contribution >= 4 is 5.97 Å². The van der Waals surface area contributed by atoms with E-state index in [1.165, 1.54) is 0 Å². The van der Waals surface area contributed by atoms with Gasteiger partial charge in [-0.1, -0.05) is 12.1 Å². The Hall–Kier alpha value is -2.14. The van der Waals surface area contributed by atoms with Crippen LogP contribution < -0.4 is 0 Å². The first-order chi connectivity index (χ1) is 8.61. The third-order valence-electron chi connectivity index (χ3n) is 2.86. The second-order valence-electron chi connectivity index (χ2n) is 4.08. The van der Waals surface area contributed by atoms with Crippen molar-refractivity contribution in [1.82, 2.24) is 9.78 Å². The molecular formula is C13H14N2O3. The minimum atomic E-state index is -0.941. The van der Waals surface area contributed by atoms with E-state index in [2.05, 4.69) is 5.10 Å². The van der Waals surface area contributed by atoms with E-state index in [9.17, 15) is 9.90 Å². The lowest BCUT2D eigenvalue weighted by atomic mass is 10.0. The highest BCUT2D eigenvalue weighted by Gasteiger charge is 2.10. The normalized spacial score (nSPS) is 10.6. The molecule has 94 valence electrons. The summed E-state index contributed by atoms with van der Waals surface area (Å²) in [5.41, 5.74) is 2.80. The molecule has 0 aliphatic rings. The lowest BCUT2D eigenvalue weighted by Gasteiger charge is -2.06. The lowest BCUT2D eigenvalue weighted by molar-refractivity contribution is 0.0696. The molecule has 0 bridgehead atoms. The smallest absolute Gasteiger partial charge is 0.335 e. The zero-order valence-corrected chi connectivity index (χ0v) is 10.00. The Kier molecular flexibility index (Phi) is 3.43. The first-order valence-corrected chi connectivity index (χ1v) is 5.54. The first kappa shape index (κ1) is 12.3. The molecule has 18 heavy (non-hydrogen) atoms. The Morgan fingerprint density at radius 3 is 2.89 bits per heavy atom. The SMILES string of the molecule is Cn1ncc(CO)c1Cc1cccc(C(=O)O)c1. The van der Waals surface area contributed by atoms with Crippen LogP contribution in [0.4, 0.5) is 0 Å². The molecule has 0 radical (unpaired) electrons. The Bertz CT molecular complexity index is 575. The molecule has 0 aliphatic heterocycles. The van der Waals surface area contributed by atoms with Gasteiger partial charge in [-0.2, -0.15) is 5.10 Å². The van der Waals surface area contributed by atoms with E-state index < -0.39 is 5.97 Å². The summed E-state index contributed by atoms with van der Waals surface area (Å²) < 4.78 is 1.69. The molecule has 0 fully saturated rings. The van der Waals surface area contributed by atoms with Gasteiger partial charge in [-0.15, -0.1) is 0 Å². The average molecular weight is 246 g/mol. The van der Waals surface area contributed by atoms with Gasteiger partial charge in [-0.25, -0.2) is 4.79 Å². The molecule has 1 aromatic carbocycles. The van der Waals surface area contributed by atoms with Crippen molar-refractivity contribution in [2.45, 2.75) is 13.0 Å². The van der Waals surface area contributed by atoms with Gasteiger partial charge in [0.25, 0.3) is 0 Å². The van der Waals surface area contributed by atoms with Crippen molar-refractivity contribution in [2.24, 2.45) is 7.05 Å². The predicted molar refractivity (Wildman–Crippen MR) is 65.3 cm³/mol. The Labute approximate surface area is 104 Å². The second kappa shape index (κ2) is 5.01. The highest BCUT2D eigenvalue weighted by Crippen LogP contribution is 2.15. The highest BCUT2D eigenvalue weighted by atomic mass is 16.4. The number of carboxylic acids is 1. The van der Waals surface area contributed by atoms with E-state index >= 15 is 0 Å². The maximum Gasteiger partial charge on any atom is 0.335 e. The summed E-state index contributed by atoms with van der Waals surface area (Å²) >= 11 is 0. The fourth-order valence-electron chi connectivity index (χ4n) is 1.88. The molecule has 1 heterocycles. The topological polar surface area (TPSA) is 75.3 Å². The largest absolute Gasteiger partial charge is 0.478 e. The third kappa shape index (κ3) is 2.41. The number of aryl methyl sites for hydroxylation is 1. The fraction of sp³-hybridized carbons (Fsp3) is 0.231. The molecule has 5 nitrogen and oxygen atoms in total. The minimum absolute atomic E-state index is 0.0677. The molecule has 0 aliphatic carbocycles. The van der Waals surface area contributed by atoms with Crippen LogP contribution in [0.2, 0.25) is 0 Å². The van der Waals surface area contributed by atoms with Crippen LogP contribution in [-0.4, -0.2) is 26.0 Å². The number of aromatic nitrogens is 2. The van der Waals surface area contributed by atoms with Crippen molar-refractivity contribution in [3.63, 3.8) is 0 Å². The third-order valence-corrected chi connectivity index (χ3v) is 2.86. The fourth-order valence-corrected chi connectivity index (χ4v) is 1.88. The van der Waals surface area contributed by atoms with Crippen LogP contribution in [0.5, 0.6) is 0 Å². The van der Waals surface area contributed by atoms with E-state index in [1.807, 2.05) is 6.07 Å². The van der Waals surface area contributed by atoms with E-state index in [0.717, 1.165) is 16.8 Å². The molecule has 2 rings (SSSR count). The number of carbonyl (C=O) groups is 1. The van der Waals surface area contributed by atoms with Crippen LogP contribution in [0.3, 0.4) is 0 Å². The van der Waals surface area contributed by atoms with Crippen molar-refractivity contribution in [3.8, 4) is 0 Å². The first-order valence-electron chi connectivity index (χ1n) is 5.54. The van der Waals surface area contributed by atoms with Gasteiger partial charge in [0.05, 0.1) is 18.4 Å². The van der Waals surface area contributed by atoms with Gasteiger partial charge in [0.2, 0.25) is 0 Å². The zero-order chi connectivity index (χ0) is 13.1. The standard InChI is InChI=1S/C13H14N2O3/c1-15-12(11(8-16)7-14-15)6-9-3-2-4-10(5-9)13(17)18/h2-5,7,16H,6,8H2,1H3,(H,17,18). The number of carboxylic acid groups (broad SMARTS) is 1. The number of aliphatic hydroxyl groups is 1. The van der Waals surface area contributed by atoms with Gasteiger partial charge >= 0.3 is 5.97 Å². The van der Waals surface area contributed by atoms with E-state index in [0.29, 0.717) is 6.42 Å². The summed E-state index contributed by atoms with van der Waals surface area (Å²) in [5.74, 6) is -0.941. The Morgan fingerprint density at radius 2 is 2.22 bits per heavy atom. The van der Waals surface area contributed by atoms with Crippen LogP contribution >= 0.6 is 0 Å². The quantitative estimate of drug-likeness (QED) is 0.850. The monoisotopic (exact) mass is 246 g/mol. The molecule has 0 unspecified atom stereocenters. The van der Waals surface area contributed by atoms with Crippen molar-refractivity contribution in [1.29, 1.82) is 0 Å². The van der Waals surface area contributed by atoms with Gasteiger partial charge < -0.3 is 10.2 Å². The number of aliphatic hydroxyl groups excluding tert-OH is 1. The van der Waals surface area contributed by atoms with Crippen molar-refractivity contribution in [2.75, 3.05) is 0 Å². The van der Waals surface area contributed by atoms with Crippen molar-refractivity contribution in [3.05, 3.63) is 52.8 Å². The maximum absolute atomic E-state index is 10.9. The summed E-state index contributed by atoms with van der Waals surface area (Å²) in [5, 5.41) is 22.2. The molecule has 1 aromatic heterocycles. The molecule has 0 atom stereocenters. The van der Waals surface area contributed by atoms with Gasteiger partial charge in [0, 0.05) is 24.7 Å². The van der Waals surface area contributed by atoms with Crippen LogP contribution in [-0.2, 0) is 20.1 Å². The second-order valence-corrected chi connectivity index (χ2v) is 4.08. The molecule has 0 amide bonds. The van der Waals surface area contributed by atoms with E-state index in [-0.39, 0.29) is 12.2 Å². The molecule has 2 aromatic rings. The Morgan fingerprint density at radius 1 is 1.44 bits per heavy atom. The summed E-state index contributed by atoms with van der Waals surface area (Å²) in [6.07, 6.45) is 2.17. The van der Waals surface area contributed by atoms with Gasteiger partial charge in [0.15, 0.2) is 0 Å². The highest BCUT2D eigenvalue weighted by molar-refractivity contribution is 5.87. The summed E-state index contributed by atoms with van der Waals surface area (Å²) in [6, 6.07) is 6.77. The van der Waals surface area contributed by atoms with E-state index in [4.69, 9.17) is 5.11 Å². The zero-order valence-electron chi connectivity index (χ0n) is 10.00. The van der Waals surface area contributed by atoms with Gasteiger partial charge in [-0.05, 0) is 17.7 Å². The molecule has 0 saturated carbocycles. The maximum atomic E-state index is 10.9. The average Bonchev–Trinajstić information content (AvgIpc) is 2.71. The minimum Gasteiger partial charge on any atom is -0.478 e. The lowest BCUT2D eigenvalue weighted by Crippen LogP contribution is -2.03. The molecule has 0 spiro atoms. The number of nitrogens with zero attached hydrogens (tertiary/aromatic N) is 2. The Balaban J connectivity index is 2.31. The number of hydrogen-bond acceptors (Lipinski definition) is 3. The van der Waals surface area contributed by atoms with Gasteiger partial charge in [0.1, 0.15) is 0 Å². The molecule has 5 heteroatoms. The molecular weight excluding hydrogens is 232 g/mol. The predicted octanol–water partition coefficient (Wildman–Crippen LogP) is 1.20. The van der Waals surface area contributed by atoms with Crippen molar-refractivity contribution < 1.29 is 15.0 Å². The number of hydrogen-bond donors (Lipinski definition) is 2. The summed E-state index contributed by atoms with van der Waals surface area (Å²) in [4.78, 5) is 10.9.